The first kappa shape index (κ1) is 23.0. The van der Waals surface area contributed by atoms with Gasteiger partial charge in [0.05, 0.1) is 22.9 Å². The second kappa shape index (κ2) is 9.91. The lowest BCUT2D eigenvalue weighted by Crippen LogP contribution is -2.22. The van der Waals surface area contributed by atoms with E-state index in [1.54, 1.807) is 0 Å². The van der Waals surface area contributed by atoms with Crippen LogP contribution in [0.1, 0.15) is 63.0 Å². The quantitative estimate of drug-likeness (QED) is 0.335. The van der Waals surface area contributed by atoms with Crippen LogP contribution in [0.5, 0.6) is 5.75 Å². The molecule has 1 atom stereocenters. The number of nitrogens with one attached hydrogen (secondary N) is 1. The Morgan fingerprint density at radius 2 is 1.86 bits per heavy atom. The van der Waals surface area contributed by atoms with E-state index >= 15 is 0 Å². The van der Waals surface area contributed by atoms with E-state index in [-0.39, 0.29) is 6.10 Å². The van der Waals surface area contributed by atoms with E-state index in [9.17, 15) is 5.26 Å². The predicted molar refractivity (Wildman–Crippen MR) is 141 cm³/mol. The molecule has 1 saturated heterocycles. The van der Waals surface area contributed by atoms with Crippen LogP contribution >= 0.6 is 0 Å². The zero-order valence-electron chi connectivity index (χ0n) is 20.7. The summed E-state index contributed by atoms with van der Waals surface area (Å²) in [5, 5.41) is 14.5. The number of benzene rings is 2. The first-order valence-corrected chi connectivity index (χ1v) is 13.2. The summed E-state index contributed by atoms with van der Waals surface area (Å²) in [7, 11) is 0. The summed E-state index contributed by atoms with van der Waals surface area (Å²) < 4.78 is 20.1. The molecular weight excluding hydrogens is 450 g/mol. The topological polar surface area (TPSA) is 68.4 Å². The first-order chi connectivity index (χ1) is 17.7. The molecule has 0 bridgehead atoms. The van der Waals surface area contributed by atoms with Crippen molar-refractivity contribution in [1.82, 2.24) is 4.57 Å². The van der Waals surface area contributed by atoms with Gasteiger partial charge in [-0.2, -0.15) is 5.26 Å². The van der Waals surface area contributed by atoms with Crippen molar-refractivity contribution in [3.63, 3.8) is 0 Å². The van der Waals surface area contributed by atoms with Crippen LogP contribution in [0.3, 0.4) is 0 Å². The molecule has 2 heterocycles. The van der Waals surface area contributed by atoms with Crippen LogP contribution in [0, 0.1) is 11.3 Å². The van der Waals surface area contributed by atoms with Crippen molar-refractivity contribution in [2.75, 3.05) is 18.5 Å². The zero-order chi connectivity index (χ0) is 24.5. The van der Waals surface area contributed by atoms with E-state index in [0.717, 1.165) is 84.3 Å². The molecular formula is C30H33N3O3. The number of ether oxygens (including phenoxy) is 3. The highest BCUT2D eigenvalue weighted by Gasteiger charge is 2.28. The number of aromatic nitrogens is 1. The predicted octanol–water partition coefficient (Wildman–Crippen LogP) is 6.91. The largest absolute Gasteiger partial charge is 0.491 e. The Balaban J connectivity index is 1.30. The molecule has 1 unspecified atom stereocenters. The van der Waals surface area contributed by atoms with Gasteiger partial charge in [0.15, 0.2) is 5.88 Å². The van der Waals surface area contributed by atoms with E-state index < -0.39 is 0 Å². The van der Waals surface area contributed by atoms with Gasteiger partial charge in [-0.15, -0.1) is 0 Å². The average Bonchev–Trinajstić information content (AvgIpc) is 3.46. The summed E-state index contributed by atoms with van der Waals surface area (Å²) >= 11 is 0. The number of hydrogen-bond acceptors (Lipinski definition) is 5. The first-order valence-electron chi connectivity index (χ1n) is 13.2. The molecule has 36 heavy (non-hydrogen) atoms. The Morgan fingerprint density at radius 1 is 1.06 bits per heavy atom. The van der Waals surface area contributed by atoms with Gasteiger partial charge in [-0.05, 0) is 87.8 Å². The fraction of sp³-hybridized carbons (Fsp3) is 0.433. The molecule has 0 spiro atoms. The third kappa shape index (κ3) is 4.44. The number of nitrogens with zero attached hydrogens (tertiary/aromatic N) is 2. The van der Waals surface area contributed by atoms with Gasteiger partial charge in [-0.25, -0.2) is 0 Å². The van der Waals surface area contributed by atoms with E-state index in [1.807, 2.05) is 24.3 Å². The maximum Gasteiger partial charge on any atom is 0.183 e. The molecule has 1 aliphatic heterocycles. The Labute approximate surface area is 212 Å². The van der Waals surface area contributed by atoms with Crippen LogP contribution in [-0.4, -0.2) is 30.0 Å². The van der Waals surface area contributed by atoms with Crippen molar-refractivity contribution >= 4 is 16.6 Å². The van der Waals surface area contributed by atoms with Crippen molar-refractivity contribution in [3.05, 3.63) is 60.5 Å². The molecule has 1 aromatic heterocycles. The summed E-state index contributed by atoms with van der Waals surface area (Å²) in [5.41, 5.74) is 4.75. The Morgan fingerprint density at radius 3 is 2.50 bits per heavy atom. The maximum absolute atomic E-state index is 10.2. The van der Waals surface area contributed by atoms with Gasteiger partial charge < -0.3 is 24.1 Å². The second-order valence-corrected chi connectivity index (χ2v) is 10.2. The fourth-order valence-corrected chi connectivity index (χ4v) is 5.36. The maximum atomic E-state index is 10.2. The molecule has 6 nitrogen and oxygen atoms in total. The van der Waals surface area contributed by atoms with Crippen molar-refractivity contribution in [2.45, 2.75) is 69.6 Å². The van der Waals surface area contributed by atoms with E-state index in [4.69, 9.17) is 14.2 Å². The normalized spacial score (nSPS) is 19.9. The second-order valence-electron chi connectivity index (χ2n) is 10.2. The Hall–Kier alpha value is -3.43. The SMILES string of the molecule is C=C(Nc1ccc(-c2c(C#N)c3ccc(OCC4CCCO4)cc3n2C2CCC2)cc1)OC1CCC1. The van der Waals surface area contributed by atoms with Gasteiger partial charge in [0.25, 0.3) is 0 Å². The summed E-state index contributed by atoms with van der Waals surface area (Å²) in [4.78, 5) is 0. The lowest BCUT2D eigenvalue weighted by atomic mass is 9.92. The number of nitriles is 1. The minimum Gasteiger partial charge on any atom is -0.491 e. The third-order valence-corrected chi connectivity index (χ3v) is 7.79. The lowest BCUT2D eigenvalue weighted by molar-refractivity contribution is 0.0560. The number of anilines is 1. The van der Waals surface area contributed by atoms with Gasteiger partial charge >= 0.3 is 0 Å². The molecule has 0 radical (unpaired) electrons. The van der Waals surface area contributed by atoms with Crippen LogP contribution in [0.15, 0.2) is 54.9 Å². The molecule has 0 amide bonds. The lowest BCUT2D eigenvalue weighted by Gasteiger charge is -2.30. The molecule has 2 aromatic carbocycles. The molecule has 2 saturated carbocycles. The smallest absolute Gasteiger partial charge is 0.183 e. The molecule has 6 heteroatoms. The van der Waals surface area contributed by atoms with Crippen LogP contribution in [-0.2, 0) is 9.47 Å². The van der Waals surface area contributed by atoms with Gasteiger partial charge in [-0.3, -0.25) is 0 Å². The van der Waals surface area contributed by atoms with E-state index in [2.05, 4.69) is 40.7 Å². The van der Waals surface area contributed by atoms with Crippen molar-refractivity contribution in [3.8, 4) is 23.1 Å². The van der Waals surface area contributed by atoms with Gasteiger partial charge in [0.1, 0.15) is 24.5 Å². The number of fused-ring (bicyclic) bond motifs is 1. The van der Waals surface area contributed by atoms with E-state index in [1.165, 1.54) is 12.8 Å². The molecule has 3 aromatic rings. The van der Waals surface area contributed by atoms with Crippen LogP contribution in [0.4, 0.5) is 5.69 Å². The molecule has 6 rings (SSSR count). The Kier molecular flexibility index (Phi) is 6.33. The van der Waals surface area contributed by atoms with Crippen molar-refractivity contribution in [1.29, 1.82) is 5.26 Å². The summed E-state index contributed by atoms with van der Waals surface area (Å²) in [6, 6.07) is 17.2. The Bertz CT molecular complexity index is 1290. The molecule has 1 N–H and O–H groups in total. The number of hydrogen-bond donors (Lipinski definition) is 1. The standard InChI is InChI=1S/C30H33N3O3/c1-20(36-24-7-3-8-24)32-22-12-10-21(11-13-22)30-28(18-31)27-15-14-25(35-19-26-9-4-16-34-26)17-29(27)33(30)23-5-2-6-23/h10-15,17,23-24,26,32H,1-9,16,19H2. The van der Waals surface area contributed by atoms with Crippen LogP contribution in [0.25, 0.3) is 22.2 Å². The molecule has 3 aliphatic rings. The highest BCUT2D eigenvalue weighted by atomic mass is 16.5. The van der Waals surface area contributed by atoms with Crippen molar-refractivity contribution in [2.24, 2.45) is 0 Å². The molecule has 3 fully saturated rings. The summed E-state index contributed by atoms with van der Waals surface area (Å²) in [6.45, 7) is 5.40. The zero-order valence-corrected chi connectivity index (χ0v) is 20.7. The van der Waals surface area contributed by atoms with Gasteiger partial charge in [-0.1, -0.05) is 12.1 Å². The third-order valence-electron chi connectivity index (χ3n) is 7.79. The highest BCUT2D eigenvalue weighted by Crippen LogP contribution is 2.43. The molecule has 2 aliphatic carbocycles. The van der Waals surface area contributed by atoms with Crippen molar-refractivity contribution < 1.29 is 14.2 Å². The summed E-state index contributed by atoms with van der Waals surface area (Å²) in [6.07, 6.45) is 9.51. The molecule has 186 valence electrons. The van der Waals surface area contributed by atoms with Crippen LogP contribution in [0.2, 0.25) is 0 Å². The minimum absolute atomic E-state index is 0.173. The monoisotopic (exact) mass is 483 g/mol. The minimum atomic E-state index is 0.173. The van der Waals surface area contributed by atoms with Gasteiger partial charge in [0, 0.05) is 29.8 Å². The average molecular weight is 484 g/mol. The fourth-order valence-electron chi connectivity index (χ4n) is 5.36. The summed E-state index contributed by atoms with van der Waals surface area (Å²) in [5.74, 6) is 1.42. The van der Waals surface area contributed by atoms with Gasteiger partial charge in [0.2, 0.25) is 0 Å². The van der Waals surface area contributed by atoms with Crippen LogP contribution < -0.4 is 10.1 Å². The number of rotatable bonds is 9. The van der Waals surface area contributed by atoms with E-state index in [0.29, 0.717) is 24.6 Å². The highest BCUT2D eigenvalue weighted by molar-refractivity contribution is 5.95.